The minimum absolute atomic E-state index is 0.0994. The maximum atomic E-state index is 12.1. The van der Waals surface area contributed by atoms with E-state index in [0.717, 1.165) is 23.9 Å². The number of halogens is 2. The van der Waals surface area contributed by atoms with Gasteiger partial charge < -0.3 is 10.2 Å². The molecule has 3 nitrogen and oxygen atoms in total. The van der Waals surface area contributed by atoms with Crippen molar-refractivity contribution in [2.24, 2.45) is 0 Å². The van der Waals surface area contributed by atoms with Gasteiger partial charge in [0.2, 0.25) is 0 Å². The van der Waals surface area contributed by atoms with Gasteiger partial charge in [-0.05, 0) is 63.9 Å². The van der Waals surface area contributed by atoms with Crippen molar-refractivity contribution in [2.75, 3.05) is 19.6 Å². The molecule has 1 aromatic rings. The molecule has 22 heavy (non-hydrogen) atoms. The summed E-state index contributed by atoms with van der Waals surface area (Å²) in [6.45, 7) is 5.37. The highest BCUT2D eigenvalue weighted by atomic mass is 79.9. The molecule has 1 heterocycles. The fraction of sp³-hybridized carbons (Fsp3) is 0.588. The van der Waals surface area contributed by atoms with E-state index in [1.54, 1.807) is 12.1 Å². The predicted octanol–water partition coefficient (Wildman–Crippen LogP) is 4.49. The number of piperidine rings is 1. The van der Waals surface area contributed by atoms with E-state index in [4.69, 9.17) is 11.6 Å². The molecule has 0 unspecified atom stereocenters. The van der Waals surface area contributed by atoms with Gasteiger partial charge in [-0.2, -0.15) is 0 Å². The molecule has 122 valence electrons. The normalized spacial score (nSPS) is 19.1. The zero-order chi connectivity index (χ0) is 15.9. The van der Waals surface area contributed by atoms with Crippen molar-refractivity contribution in [3.8, 4) is 0 Å². The summed E-state index contributed by atoms with van der Waals surface area (Å²) in [5, 5.41) is 3.44. The molecule has 1 N–H and O–H groups in total. The maximum absolute atomic E-state index is 12.1. The molecular formula is C17H24BrClN2O. The number of carbonyl (C=O) groups is 1. The highest BCUT2D eigenvalue weighted by Gasteiger charge is 2.17. The van der Waals surface area contributed by atoms with Gasteiger partial charge in [0, 0.05) is 17.1 Å². The lowest BCUT2D eigenvalue weighted by molar-refractivity contribution is 0.0951. The van der Waals surface area contributed by atoms with E-state index in [9.17, 15) is 4.79 Å². The highest BCUT2D eigenvalue weighted by molar-refractivity contribution is 9.10. The Hall–Kier alpha value is -0.580. The van der Waals surface area contributed by atoms with Crippen LogP contribution in [0.5, 0.6) is 0 Å². The number of carbonyl (C=O) groups excluding carboxylic acids is 1. The summed E-state index contributed by atoms with van der Waals surface area (Å²) in [6.07, 6.45) is 6.12. The van der Waals surface area contributed by atoms with Crippen molar-refractivity contribution in [1.29, 1.82) is 0 Å². The number of amides is 1. The van der Waals surface area contributed by atoms with E-state index in [0.29, 0.717) is 23.2 Å². The Labute approximate surface area is 146 Å². The average molecular weight is 388 g/mol. The average Bonchev–Trinajstić information content (AvgIpc) is 2.51. The molecular weight excluding hydrogens is 364 g/mol. The van der Waals surface area contributed by atoms with Gasteiger partial charge in [-0.1, -0.05) is 34.0 Å². The molecule has 0 aromatic heterocycles. The predicted molar refractivity (Wildman–Crippen MR) is 95.6 cm³/mol. The SMILES string of the molecule is C[C@@H]1CCCCN1CCCCNC(=O)c1cc(Br)ccc1Cl. The fourth-order valence-electron chi connectivity index (χ4n) is 2.90. The van der Waals surface area contributed by atoms with Gasteiger partial charge in [0.1, 0.15) is 0 Å². The van der Waals surface area contributed by atoms with Gasteiger partial charge in [0.15, 0.2) is 0 Å². The summed E-state index contributed by atoms with van der Waals surface area (Å²) >= 11 is 9.42. The minimum atomic E-state index is -0.0994. The van der Waals surface area contributed by atoms with Gasteiger partial charge in [0.05, 0.1) is 10.6 Å². The lowest BCUT2D eigenvalue weighted by atomic mass is 10.0. The molecule has 5 heteroatoms. The Morgan fingerprint density at radius 3 is 3.00 bits per heavy atom. The van der Waals surface area contributed by atoms with Crippen LogP contribution < -0.4 is 5.32 Å². The van der Waals surface area contributed by atoms with Crippen molar-refractivity contribution in [3.05, 3.63) is 33.3 Å². The first kappa shape index (κ1) is 17.8. The number of benzene rings is 1. The number of nitrogens with zero attached hydrogens (tertiary/aromatic N) is 1. The largest absolute Gasteiger partial charge is 0.352 e. The Bertz CT molecular complexity index is 509. The molecule has 0 saturated carbocycles. The van der Waals surface area contributed by atoms with Gasteiger partial charge in [-0.25, -0.2) is 0 Å². The molecule has 1 saturated heterocycles. The third kappa shape index (κ3) is 5.25. The molecule has 0 aliphatic carbocycles. The second-order valence-corrected chi connectivity index (χ2v) is 7.29. The standard InChI is InChI=1S/C17H24BrClN2O/c1-13-6-2-4-10-21(13)11-5-3-9-20-17(22)15-12-14(18)7-8-16(15)19/h7-8,12-13H,2-6,9-11H2,1H3,(H,20,22)/t13-/m1/s1. The van der Waals surface area contributed by atoms with Crippen molar-refractivity contribution in [3.63, 3.8) is 0 Å². The number of nitrogens with one attached hydrogen (secondary N) is 1. The van der Waals surface area contributed by atoms with Crippen molar-refractivity contribution in [2.45, 2.75) is 45.1 Å². The number of likely N-dealkylation sites (tertiary alicyclic amines) is 1. The van der Waals surface area contributed by atoms with Crippen LogP contribution in [-0.4, -0.2) is 36.5 Å². The van der Waals surface area contributed by atoms with Crippen LogP contribution in [0.2, 0.25) is 5.02 Å². The molecule has 2 rings (SSSR count). The summed E-state index contributed by atoms with van der Waals surface area (Å²) in [5.74, 6) is -0.0994. The summed E-state index contributed by atoms with van der Waals surface area (Å²) in [6, 6.07) is 6.04. The fourth-order valence-corrected chi connectivity index (χ4v) is 3.46. The third-order valence-electron chi connectivity index (χ3n) is 4.27. The monoisotopic (exact) mass is 386 g/mol. The van der Waals surface area contributed by atoms with E-state index in [-0.39, 0.29) is 5.91 Å². The maximum Gasteiger partial charge on any atom is 0.252 e. The Morgan fingerprint density at radius 2 is 2.23 bits per heavy atom. The van der Waals surface area contributed by atoms with Crippen LogP contribution in [0.1, 0.15) is 49.4 Å². The second kappa shape index (κ2) is 8.90. The van der Waals surface area contributed by atoms with Crippen LogP contribution in [0.15, 0.2) is 22.7 Å². The van der Waals surface area contributed by atoms with Crippen LogP contribution in [0, 0.1) is 0 Å². The van der Waals surface area contributed by atoms with Gasteiger partial charge in [-0.3, -0.25) is 4.79 Å². The van der Waals surface area contributed by atoms with Crippen molar-refractivity contribution >= 4 is 33.4 Å². The molecule has 1 aromatic carbocycles. The van der Waals surface area contributed by atoms with Crippen molar-refractivity contribution < 1.29 is 4.79 Å². The third-order valence-corrected chi connectivity index (χ3v) is 5.09. The molecule has 1 fully saturated rings. The smallest absolute Gasteiger partial charge is 0.252 e. The number of hydrogen-bond donors (Lipinski definition) is 1. The van der Waals surface area contributed by atoms with E-state index in [1.807, 2.05) is 6.07 Å². The van der Waals surface area contributed by atoms with Crippen molar-refractivity contribution in [1.82, 2.24) is 10.2 Å². The van der Waals surface area contributed by atoms with Gasteiger partial charge in [-0.15, -0.1) is 0 Å². The molecule has 0 bridgehead atoms. The first-order chi connectivity index (χ1) is 10.6. The van der Waals surface area contributed by atoms with Crippen LogP contribution >= 0.6 is 27.5 Å². The minimum Gasteiger partial charge on any atom is -0.352 e. The number of unbranched alkanes of at least 4 members (excludes halogenated alkanes) is 1. The number of rotatable bonds is 6. The summed E-state index contributed by atoms with van der Waals surface area (Å²) in [5.41, 5.74) is 0.528. The number of hydrogen-bond acceptors (Lipinski definition) is 2. The summed E-state index contributed by atoms with van der Waals surface area (Å²) in [4.78, 5) is 14.7. The topological polar surface area (TPSA) is 32.3 Å². The van der Waals surface area contributed by atoms with Crippen LogP contribution in [0.25, 0.3) is 0 Å². The molecule has 0 radical (unpaired) electrons. The van der Waals surface area contributed by atoms with E-state index >= 15 is 0 Å². The Kier molecular flexibility index (Phi) is 7.19. The zero-order valence-corrected chi connectivity index (χ0v) is 15.4. The van der Waals surface area contributed by atoms with E-state index < -0.39 is 0 Å². The quantitative estimate of drug-likeness (QED) is 0.730. The van der Waals surface area contributed by atoms with Crippen LogP contribution in [-0.2, 0) is 0 Å². The first-order valence-electron chi connectivity index (χ1n) is 8.05. The van der Waals surface area contributed by atoms with E-state index in [2.05, 4.69) is 33.1 Å². The zero-order valence-electron chi connectivity index (χ0n) is 13.1. The molecule has 0 spiro atoms. The van der Waals surface area contributed by atoms with Crippen LogP contribution in [0.4, 0.5) is 0 Å². The lowest BCUT2D eigenvalue weighted by Gasteiger charge is -2.33. The molecule has 1 amide bonds. The summed E-state index contributed by atoms with van der Waals surface area (Å²) in [7, 11) is 0. The first-order valence-corrected chi connectivity index (χ1v) is 9.22. The summed E-state index contributed by atoms with van der Waals surface area (Å²) < 4.78 is 0.862. The van der Waals surface area contributed by atoms with E-state index in [1.165, 1.54) is 25.8 Å². The lowest BCUT2D eigenvalue weighted by Crippen LogP contribution is -2.38. The second-order valence-electron chi connectivity index (χ2n) is 5.97. The van der Waals surface area contributed by atoms with Gasteiger partial charge in [0.25, 0.3) is 5.91 Å². The highest BCUT2D eigenvalue weighted by Crippen LogP contribution is 2.21. The Morgan fingerprint density at radius 1 is 1.41 bits per heavy atom. The molecule has 1 aliphatic rings. The molecule has 1 atom stereocenters. The molecule has 1 aliphatic heterocycles. The Balaban J connectivity index is 1.68. The van der Waals surface area contributed by atoms with Crippen LogP contribution in [0.3, 0.4) is 0 Å². The van der Waals surface area contributed by atoms with Gasteiger partial charge >= 0.3 is 0 Å².